The Labute approximate surface area is 183 Å². The molecule has 2 rings (SSSR count). The number of thiazole rings is 1. The first-order valence-corrected chi connectivity index (χ1v) is 9.97. The Balaban J connectivity index is 0.00000364. The zero-order valence-corrected chi connectivity index (χ0v) is 19.7. The summed E-state index contributed by atoms with van der Waals surface area (Å²) in [5, 5.41) is 7.75. The van der Waals surface area contributed by atoms with Crippen molar-refractivity contribution >= 4 is 41.3 Å². The lowest BCUT2D eigenvalue weighted by Gasteiger charge is -2.12. The highest BCUT2D eigenvalue weighted by molar-refractivity contribution is 14.0. The molecular weight excluding hydrogens is 473 g/mol. The van der Waals surface area contributed by atoms with E-state index in [1.807, 2.05) is 26.0 Å². The van der Waals surface area contributed by atoms with Crippen LogP contribution in [0.2, 0.25) is 0 Å². The van der Waals surface area contributed by atoms with Crippen molar-refractivity contribution in [3.05, 3.63) is 39.5 Å². The third-order valence-corrected chi connectivity index (χ3v) is 4.83. The maximum Gasteiger partial charge on any atom is 0.218 e. The lowest BCUT2D eigenvalue weighted by molar-refractivity contribution is 0.294. The van der Waals surface area contributed by atoms with Crippen molar-refractivity contribution < 1.29 is 4.74 Å². The molecule has 0 bridgehead atoms. The molecule has 150 valence electrons. The van der Waals surface area contributed by atoms with Gasteiger partial charge < -0.3 is 15.4 Å². The molecule has 0 aliphatic rings. The van der Waals surface area contributed by atoms with Crippen LogP contribution in [-0.4, -0.2) is 29.1 Å². The summed E-state index contributed by atoms with van der Waals surface area (Å²) in [6.45, 7) is 11.0. The molecule has 27 heavy (non-hydrogen) atoms. The number of pyridine rings is 1. The van der Waals surface area contributed by atoms with Crippen LogP contribution in [0.4, 0.5) is 0 Å². The maximum atomic E-state index is 5.79. The molecule has 2 aromatic rings. The van der Waals surface area contributed by atoms with Crippen LogP contribution in [0, 0.1) is 13.8 Å². The number of aromatic nitrogens is 2. The molecule has 0 saturated heterocycles. The van der Waals surface area contributed by atoms with Crippen LogP contribution >= 0.6 is 35.3 Å². The van der Waals surface area contributed by atoms with Gasteiger partial charge in [-0.05, 0) is 33.3 Å². The minimum Gasteiger partial charge on any atom is -0.477 e. The van der Waals surface area contributed by atoms with Crippen molar-refractivity contribution in [2.75, 3.05) is 13.2 Å². The average Bonchev–Trinajstić information content (AvgIpc) is 2.96. The number of ether oxygens (including phenoxy) is 1. The van der Waals surface area contributed by atoms with Crippen LogP contribution in [-0.2, 0) is 13.1 Å². The van der Waals surface area contributed by atoms with Crippen molar-refractivity contribution in [3.63, 3.8) is 0 Å². The number of halogens is 1. The van der Waals surface area contributed by atoms with E-state index in [9.17, 15) is 0 Å². The number of nitrogens with one attached hydrogen (secondary N) is 2. The van der Waals surface area contributed by atoms with Gasteiger partial charge >= 0.3 is 0 Å². The first-order chi connectivity index (χ1) is 12.6. The van der Waals surface area contributed by atoms with Crippen LogP contribution in [0.5, 0.6) is 5.88 Å². The Kier molecular flexibility index (Phi) is 11.3. The molecule has 2 heterocycles. The van der Waals surface area contributed by atoms with Gasteiger partial charge in [-0.2, -0.15) is 0 Å². The summed E-state index contributed by atoms with van der Waals surface area (Å²) in [7, 11) is 0. The lowest BCUT2D eigenvalue weighted by atomic mass is 10.2. The van der Waals surface area contributed by atoms with Gasteiger partial charge in [0.05, 0.1) is 30.4 Å². The largest absolute Gasteiger partial charge is 0.477 e. The van der Waals surface area contributed by atoms with E-state index in [0.29, 0.717) is 19.0 Å². The van der Waals surface area contributed by atoms with Crippen LogP contribution in [0.3, 0.4) is 0 Å². The van der Waals surface area contributed by atoms with Gasteiger partial charge in [-0.1, -0.05) is 19.4 Å². The van der Waals surface area contributed by atoms with Gasteiger partial charge in [-0.25, -0.2) is 15.0 Å². The number of unbranched alkanes of at least 4 members (excludes halogenated alkanes) is 1. The molecular formula is C19H30IN5OS. The van der Waals surface area contributed by atoms with E-state index in [2.05, 4.69) is 39.4 Å². The molecule has 0 atom stereocenters. The first kappa shape index (κ1) is 23.6. The lowest BCUT2D eigenvalue weighted by Crippen LogP contribution is -2.36. The number of guanidine groups is 1. The Morgan fingerprint density at radius 1 is 1.26 bits per heavy atom. The van der Waals surface area contributed by atoms with Crippen molar-refractivity contribution in [2.24, 2.45) is 4.99 Å². The van der Waals surface area contributed by atoms with Crippen LogP contribution in [0.25, 0.3) is 0 Å². The Hall–Kier alpha value is -1.42. The van der Waals surface area contributed by atoms with Gasteiger partial charge in [-0.15, -0.1) is 35.3 Å². The molecule has 0 aromatic carbocycles. The topological polar surface area (TPSA) is 71.4 Å². The van der Waals surface area contributed by atoms with E-state index in [0.717, 1.165) is 48.2 Å². The highest BCUT2D eigenvalue weighted by atomic mass is 127. The molecule has 0 spiro atoms. The van der Waals surface area contributed by atoms with E-state index in [1.165, 1.54) is 4.88 Å². The minimum absolute atomic E-state index is 0. The van der Waals surface area contributed by atoms with Crippen LogP contribution in [0.15, 0.2) is 23.3 Å². The van der Waals surface area contributed by atoms with E-state index in [4.69, 9.17) is 4.74 Å². The molecule has 0 amide bonds. The molecule has 0 fully saturated rings. The second-order valence-corrected chi connectivity index (χ2v) is 7.25. The molecule has 0 saturated carbocycles. The molecule has 2 aromatic heterocycles. The van der Waals surface area contributed by atoms with Crippen molar-refractivity contribution in [1.82, 2.24) is 20.6 Å². The average molecular weight is 503 g/mol. The zero-order valence-electron chi connectivity index (χ0n) is 16.5. The molecule has 6 nitrogen and oxygen atoms in total. The fraction of sp³-hybridized carbons (Fsp3) is 0.526. The van der Waals surface area contributed by atoms with Gasteiger partial charge in [0.15, 0.2) is 5.96 Å². The second-order valence-electron chi connectivity index (χ2n) is 5.96. The predicted octanol–water partition coefficient (Wildman–Crippen LogP) is 4.21. The van der Waals surface area contributed by atoms with E-state index in [-0.39, 0.29) is 24.0 Å². The number of nitrogens with zero attached hydrogens (tertiary/aromatic N) is 3. The van der Waals surface area contributed by atoms with Gasteiger partial charge in [-0.3, -0.25) is 0 Å². The summed E-state index contributed by atoms with van der Waals surface area (Å²) < 4.78 is 5.79. The Morgan fingerprint density at radius 3 is 2.74 bits per heavy atom. The fourth-order valence-electron chi connectivity index (χ4n) is 2.40. The van der Waals surface area contributed by atoms with Crippen molar-refractivity contribution in [2.45, 2.75) is 53.6 Å². The number of hydrogen-bond acceptors (Lipinski definition) is 5. The standard InChI is InChI=1S/C19H29N5OS.HI/c1-5-7-11-25-18-16(9-8-10-21-18)12-22-19(20-6-2)23-13-17-14(3)24-15(4)26-17;/h8-10H,5-7,11-13H2,1-4H3,(H2,20,22,23);1H. The van der Waals surface area contributed by atoms with E-state index < -0.39 is 0 Å². The Morgan fingerprint density at radius 2 is 2.07 bits per heavy atom. The zero-order chi connectivity index (χ0) is 18.8. The van der Waals surface area contributed by atoms with Crippen molar-refractivity contribution in [1.29, 1.82) is 0 Å². The number of hydrogen-bond donors (Lipinski definition) is 2. The normalized spacial score (nSPS) is 11.0. The monoisotopic (exact) mass is 503 g/mol. The van der Waals surface area contributed by atoms with Crippen LogP contribution in [0.1, 0.15) is 47.8 Å². The quantitative estimate of drug-likeness (QED) is 0.232. The summed E-state index contributed by atoms with van der Waals surface area (Å²) in [6.07, 6.45) is 3.88. The summed E-state index contributed by atoms with van der Waals surface area (Å²) in [5.41, 5.74) is 2.07. The predicted molar refractivity (Wildman–Crippen MR) is 123 cm³/mol. The molecule has 0 unspecified atom stereocenters. The first-order valence-electron chi connectivity index (χ1n) is 9.15. The molecule has 0 aliphatic carbocycles. The second kappa shape index (κ2) is 12.9. The minimum atomic E-state index is 0. The summed E-state index contributed by atoms with van der Waals surface area (Å²) in [5.74, 6) is 1.45. The molecule has 2 N–H and O–H groups in total. The van der Waals surface area contributed by atoms with Gasteiger partial charge in [0.25, 0.3) is 0 Å². The summed E-state index contributed by atoms with van der Waals surface area (Å²) >= 11 is 1.72. The number of aliphatic imine (C=N–C) groups is 1. The highest BCUT2D eigenvalue weighted by Gasteiger charge is 2.07. The third kappa shape index (κ3) is 8.00. The van der Waals surface area contributed by atoms with Crippen LogP contribution < -0.4 is 15.4 Å². The van der Waals surface area contributed by atoms with Crippen molar-refractivity contribution in [3.8, 4) is 5.88 Å². The van der Waals surface area contributed by atoms with E-state index >= 15 is 0 Å². The fourth-order valence-corrected chi connectivity index (χ4v) is 3.27. The number of rotatable bonds is 9. The van der Waals surface area contributed by atoms with Gasteiger partial charge in [0, 0.05) is 23.2 Å². The maximum absolute atomic E-state index is 5.79. The van der Waals surface area contributed by atoms with Gasteiger partial charge in [0.1, 0.15) is 0 Å². The highest BCUT2D eigenvalue weighted by Crippen LogP contribution is 2.17. The Bertz CT molecular complexity index is 720. The number of aryl methyl sites for hydroxylation is 2. The summed E-state index contributed by atoms with van der Waals surface area (Å²) in [6, 6.07) is 3.93. The van der Waals surface area contributed by atoms with Gasteiger partial charge in [0.2, 0.25) is 5.88 Å². The SMILES string of the molecule is CCCCOc1ncccc1CN=C(NCC)NCc1sc(C)nc1C.I. The molecule has 0 radical (unpaired) electrons. The smallest absolute Gasteiger partial charge is 0.218 e. The summed E-state index contributed by atoms with van der Waals surface area (Å²) in [4.78, 5) is 14.7. The molecule has 0 aliphatic heterocycles. The molecule has 8 heteroatoms. The third-order valence-electron chi connectivity index (χ3n) is 3.75. The van der Waals surface area contributed by atoms with E-state index in [1.54, 1.807) is 17.5 Å².